The normalized spacial score (nSPS) is 21.8. The SMILES string of the molecule is O=C1CCC(N2C(=O)c3cccc(NCCCCOC4CCN(CC5CCC(n6cc(NC(=O)c7coc(-c8ccnc(NCC9CC9)c8)n7)c(C(F)F)n6)CC5)CC4)c3C2=O)C(=O)N1. The molecule has 65 heavy (non-hydrogen) atoms. The number of aromatic nitrogens is 4. The lowest BCUT2D eigenvalue weighted by Gasteiger charge is -2.36. The molecule has 5 aliphatic rings. The van der Waals surface area contributed by atoms with Crippen LogP contribution < -0.4 is 21.3 Å². The van der Waals surface area contributed by atoms with Crippen molar-refractivity contribution in [3.8, 4) is 11.5 Å². The van der Waals surface area contributed by atoms with Gasteiger partial charge in [0.25, 0.3) is 24.1 Å². The highest BCUT2D eigenvalue weighted by Gasteiger charge is 2.45. The number of pyridine rings is 1. The average molecular weight is 897 g/mol. The van der Waals surface area contributed by atoms with E-state index in [-0.39, 0.29) is 53.4 Å². The highest BCUT2D eigenvalue weighted by atomic mass is 19.3. The third-order valence-electron chi connectivity index (χ3n) is 13.2. The smallest absolute Gasteiger partial charge is 0.284 e. The number of piperidine rings is 2. The molecule has 5 amide bonds. The van der Waals surface area contributed by atoms with Crippen LogP contribution in [0.2, 0.25) is 0 Å². The molecule has 1 unspecified atom stereocenters. The minimum atomic E-state index is -2.87. The van der Waals surface area contributed by atoms with Gasteiger partial charge in [0, 0.05) is 69.4 Å². The van der Waals surface area contributed by atoms with Crippen LogP contribution in [-0.2, 0) is 14.3 Å². The molecule has 1 aromatic carbocycles. The van der Waals surface area contributed by atoms with Crippen molar-refractivity contribution in [2.75, 3.05) is 55.3 Å². The molecule has 9 rings (SSSR count). The predicted octanol–water partition coefficient (Wildman–Crippen LogP) is 6.45. The molecule has 17 nitrogen and oxygen atoms in total. The van der Waals surface area contributed by atoms with E-state index in [9.17, 15) is 32.8 Å². The highest BCUT2D eigenvalue weighted by molar-refractivity contribution is 6.25. The number of likely N-dealkylation sites (tertiary alicyclic amines) is 1. The Kier molecular flexibility index (Phi) is 13.3. The minimum Gasteiger partial charge on any atom is -0.444 e. The maximum absolute atomic E-state index is 14.2. The first-order valence-corrected chi connectivity index (χ1v) is 22.8. The number of rotatable bonds is 18. The molecule has 344 valence electrons. The molecule has 2 saturated heterocycles. The van der Waals surface area contributed by atoms with Crippen LogP contribution in [0.25, 0.3) is 11.5 Å². The topological polar surface area (TPSA) is 206 Å². The van der Waals surface area contributed by atoms with Crippen molar-refractivity contribution in [2.24, 2.45) is 11.8 Å². The van der Waals surface area contributed by atoms with E-state index in [1.54, 1.807) is 41.2 Å². The third kappa shape index (κ3) is 10.3. The number of nitrogens with one attached hydrogen (secondary N) is 4. The van der Waals surface area contributed by atoms with Crippen molar-refractivity contribution in [1.29, 1.82) is 0 Å². The Morgan fingerprint density at radius 3 is 2.49 bits per heavy atom. The first kappa shape index (κ1) is 44.1. The van der Waals surface area contributed by atoms with Gasteiger partial charge in [-0.15, -0.1) is 0 Å². The van der Waals surface area contributed by atoms with Gasteiger partial charge in [0.2, 0.25) is 17.7 Å². The van der Waals surface area contributed by atoms with Gasteiger partial charge in [0.05, 0.1) is 29.0 Å². The Balaban J connectivity index is 0.674. The van der Waals surface area contributed by atoms with E-state index in [2.05, 4.69) is 41.2 Å². The lowest BCUT2D eigenvalue weighted by molar-refractivity contribution is -0.136. The van der Waals surface area contributed by atoms with Crippen LogP contribution in [0.1, 0.15) is 126 Å². The van der Waals surface area contributed by atoms with E-state index in [0.717, 1.165) is 82.4 Å². The van der Waals surface area contributed by atoms with Gasteiger partial charge in [0.1, 0.15) is 18.1 Å². The fourth-order valence-corrected chi connectivity index (χ4v) is 9.36. The fourth-order valence-electron chi connectivity index (χ4n) is 9.36. The molecule has 4 aromatic rings. The van der Waals surface area contributed by atoms with Crippen LogP contribution in [-0.4, -0.2) is 111 Å². The molecule has 6 heterocycles. The molecular weight excluding hydrogens is 843 g/mol. The first-order chi connectivity index (χ1) is 31.6. The van der Waals surface area contributed by atoms with Crippen LogP contribution in [0, 0.1) is 11.8 Å². The number of carbonyl (C=O) groups is 5. The number of halogens is 2. The number of alkyl halides is 2. The van der Waals surface area contributed by atoms with Crippen LogP contribution >= 0.6 is 0 Å². The van der Waals surface area contributed by atoms with Gasteiger partial charge in [-0.3, -0.25) is 38.9 Å². The summed E-state index contributed by atoms with van der Waals surface area (Å²) in [5.74, 6) is -0.699. The standard InChI is InChI=1S/C46H54F2N10O7/c47-41(48)40-34(52-42(60)35-26-65-44(53-35)29-14-18-50-37(22-29)51-23-27-6-7-27)25-57(55-40)30-10-8-28(9-11-30)24-56-19-15-31(16-20-56)64-21-2-1-17-49-33-5-3-4-32-39(33)46(63)58(45(32)62)36-12-13-38(59)54-43(36)61/h3-5,14,18,22,25-28,30-31,36,41,49H,1-2,6-13,15-17,19-21,23-24H2,(H,50,51)(H,52,60)(H,54,59,61). The summed E-state index contributed by atoms with van der Waals surface area (Å²) >= 11 is 0. The Morgan fingerprint density at radius 1 is 0.923 bits per heavy atom. The zero-order valence-electron chi connectivity index (χ0n) is 36.1. The van der Waals surface area contributed by atoms with Gasteiger partial charge >= 0.3 is 0 Å². The number of nitrogens with zero attached hydrogens (tertiary/aromatic N) is 6. The molecule has 1 atom stereocenters. The van der Waals surface area contributed by atoms with Crippen molar-refractivity contribution in [3.63, 3.8) is 0 Å². The maximum atomic E-state index is 14.2. The predicted molar refractivity (Wildman–Crippen MR) is 233 cm³/mol. The highest BCUT2D eigenvalue weighted by Crippen LogP contribution is 2.37. The second-order valence-electron chi connectivity index (χ2n) is 17.8. The molecule has 3 aliphatic heterocycles. The Bertz CT molecular complexity index is 2400. The third-order valence-corrected chi connectivity index (χ3v) is 13.2. The number of hydrogen-bond donors (Lipinski definition) is 4. The van der Waals surface area contributed by atoms with E-state index < -0.39 is 47.7 Å². The summed E-state index contributed by atoms with van der Waals surface area (Å²) in [6.07, 6.45) is 11.3. The van der Waals surface area contributed by atoms with Gasteiger partial charge in [-0.05, 0) is 107 Å². The number of oxazole rings is 1. The van der Waals surface area contributed by atoms with Crippen molar-refractivity contribution < 1.29 is 41.9 Å². The van der Waals surface area contributed by atoms with Crippen LogP contribution in [0.15, 0.2) is 53.4 Å². The number of anilines is 3. The molecular formula is C46H54F2N10O7. The zero-order valence-corrected chi connectivity index (χ0v) is 36.1. The Morgan fingerprint density at radius 2 is 1.72 bits per heavy atom. The van der Waals surface area contributed by atoms with E-state index in [1.165, 1.54) is 25.3 Å². The van der Waals surface area contributed by atoms with E-state index in [1.807, 2.05) is 0 Å². The number of fused-ring (bicyclic) bond motifs is 1. The summed E-state index contributed by atoms with van der Waals surface area (Å²) < 4.78 is 41.7. The first-order valence-electron chi connectivity index (χ1n) is 22.8. The van der Waals surface area contributed by atoms with Crippen LogP contribution in [0.5, 0.6) is 0 Å². The molecule has 2 aliphatic carbocycles. The number of carbonyl (C=O) groups excluding carboxylic acids is 5. The maximum Gasteiger partial charge on any atom is 0.284 e. The monoisotopic (exact) mass is 896 g/mol. The molecule has 3 aromatic heterocycles. The molecule has 0 radical (unpaired) electrons. The van der Waals surface area contributed by atoms with Crippen LogP contribution in [0.3, 0.4) is 0 Å². The number of unbranched alkanes of at least 4 members (excludes halogenated alkanes) is 1. The summed E-state index contributed by atoms with van der Waals surface area (Å²) in [5, 5.41) is 15.7. The van der Waals surface area contributed by atoms with Crippen molar-refractivity contribution in [2.45, 2.75) is 102 Å². The lowest BCUT2D eigenvalue weighted by Crippen LogP contribution is -2.54. The molecule has 19 heteroatoms. The summed E-state index contributed by atoms with van der Waals surface area (Å²) in [6, 6.07) is 7.51. The average Bonchev–Trinajstić information content (AvgIpc) is 3.71. The number of imide groups is 2. The number of ether oxygens (including phenoxy) is 1. The van der Waals surface area contributed by atoms with Gasteiger partial charge in [-0.2, -0.15) is 5.10 Å². The van der Waals surface area contributed by atoms with Crippen molar-refractivity contribution in [3.05, 3.63) is 71.5 Å². The van der Waals surface area contributed by atoms with E-state index in [0.29, 0.717) is 42.1 Å². The Hall–Kier alpha value is -6.08. The van der Waals surface area contributed by atoms with Gasteiger partial charge < -0.3 is 30.0 Å². The Labute approximate surface area is 374 Å². The molecule has 4 N–H and O–H groups in total. The van der Waals surface area contributed by atoms with Gasteiger partial charge in [-0.1, -0.05) is 6.07 Å². The molecule has 0 spiro atoms. The lowest BCUT2D eigenvalue weighted by atomic mass is 9.85. The van der Waals surface area contributed by atoms with Gasteiger partial charge in [-0.25, -0.2) is 18.7 Å². The summed E-state index contributed by atoms with van der Waals surface area (Å²) in [4.78, 5) is 75.8. The van der Waals surface area contributed by atoms with Crippen molar-refractivity contribution in [1.82, 2.24) is 34.9 Å². The fraction of sp³-hybridized carbons (Fsp3) is 0.522. The largest absolute Gasteiger partial charge is 0.444 e. The second-order valence-corrected chi connectivity index (χ2v) is 17.8. The molecule has 2 saturated carbocycles. The number of benzene rings is 1. The summed E-state index contributed by atoms with van der Waals surface area (Å²) in [7, 11) is 0. The minimum absolute atomic E-state index is 0.0328. The summed E-state index contributed by atoms with van der Waals surface area (Å²) in [6.45, 7) is 4.90. The second kappa shape index (κ2) is 19.6. The quantitative estimate of drug-likeness (QED) is 0.0627. The summed E-state index contributed by atoms with van der Waals surface area (Å²) in [5.41, 5.74) is 1.14. The van der Waals surface area contributed by atoms with E-state index in [4.69, 9.17) is 9.15 Å². The van der Waals surface area contributed by atoms with Gasteiger partial charge in [0.15, 0.2) is 11.4 Å². The number of hydrogen-bond acceptors (Lipinski definition) is 13. The van der Waals surface area contributed by atoms with Crippen LogP contribution in [0.4, 0.5) is 26.0 Å². The van der Waals surface area contributed by atoms with Crippen molar-refractivity contribution >= 4 is 46.7 Å². The zero-order chi connectivity index (χ0) is 45.0. The van der Waals surface area contributed by atoms with E-state index >= 15 is 0 Å². The number of amides is 5. The molecule has 0 bridgehead atoms. The molecule has 4 fully saturated rings.